The number of benzene rings is 1. The molecule has 1 fully saturated rings. The molecule has 200 valence electrons. The maximum absolute atomic E-state index is 13.2. The van der Waals surface area contributed by atoms with Crippen LogP contribution in [0.15, 0.2) is 17.0 Å². The summed E-state index contributed by atoms with van der Waals surface area (Å²) in [7, 11) is -4.62. The van der Waals surface area contributed by atoms with Gasteiger partial charge in [-0.25, -0.2) is 13.4 Å². The van der Waals surface area contributed by atoms with Crippen LogP contribution in [0.4, 0.5) is 13.2 Å². The molecule has 1 atom stereocenters. The minimum Gasteiger partial charge on any atom is -0.481 e. The van der Waals surface area contributed by atoms with Gasteiger partial charge in [-0.1, -0.05) is 55.5 Å². The van der Waals surface area contributed by atoms with E-state index in [1.54, 1.807) is 18.6 Å². The number of sulfonamides is 1. The molecule has 1 aliphatic rings. The number of aromatic nitrogens is 1. The van der Waals surface area contributed by atoms with Crippen LogP contribution in [0, 0.1) is 11.3 Å². The second-order valence-electron chi connectivity index (χ2n) is 9.61. The zero-order chi connectivity index (χ0) is 27.1. The van der Waals surface area contributed by atoms with Gasteiger partial charge in [0.15, 0.2) is 0 Å². The molecule has 0 saturated heterocycles. The van der Waals surface area contributed by atoms with Crippen LogP contribution < -0.4 is 4.72 Å². The number of alkyl halides is 3. The SMILES string of the molecule is CC[C@H](NS(=O)(=O)c1ccc(-c2sc(CC(C)(C)C(=O)O)nc2CC2CCC2)c(Cl)c1Cl)C(F)(F)F. The minimum atomic E-state index is -4.77. The fraction of sp³-hybridized carbons (Fsp3) is 0.565. The van der Waals surface area contributed by atoms with E-state index >= 15 is 0 Å². The molecule has 0 radical (unpaired) electrons. The predicted octanol–water partition coefficient (Wildman–Crippen LogP) is 6.73. The first-order valence-corrected chi connectivity index (χ1v) is 14.4. The summed E-state index contributed by atoms with van der Waals surface area (Å²) in [6, 6.07) is 0.261. The third kappa shape index (κ3) is 6.35. The number of hydrogen-bond acceptors (Lipinski definition) is 5. The molecule has 2 N–H and O–H groups in total. The van der Waals surface area contributed by atoms with Crippen LogP contribution in [0.2, 0.25) is 10.0 Å². The highest BCUT2D eigenvalue weighted by Crippen LogP contribution is 2.44. The van der Waals surface area contributed by atoms with Crippen LogP contribution >= 0.6 is 34.5 Å². The number of carboxylic acids is 1. The van der Waals surface area contributed by atoms with Gasteiger partial charge in [0.2, 0.25) is 10.0 Å². The monoisotopic (exact) mass is 586 g/mol. The van der Waals surface area contributed by atoms with Crippen molar-refractivity contribution in [2.24, 2.45) is 11.3 Å². The normalized spacial score (nSPS) is 16.1. The highest BCUT2D eigenvalue weighted by atomic mass is 35.5. The van der Waals surface area contributed by atoms with Gasteiger partial charge in [0.05, 0.1) is 31.0 Å². The first-order valence-electron chi connectivity index (χ1n) is 11.4. The van der Waals surface area contributed by atoms with Gasteiger partial charge in [0, 0.05) is 12.0 Å². The van der Waals surface area contributed by atoms with Crippen LogP contribution in [0.25, 0.3) is 10.4 Å². The van der Waals surface area contributed by atoms with Crippen molar-refractivity contribution in [3.05, 3.63) is 32.9 Å². The van der Waals surface area contributed by atoms with Crippen LogP contribution in [-0.2, 0) is 27.7 Å². The van der Waals surface area contributed by atoms with E-state index in [0.29, 0.717) is 27.8 Å². The summed E-state index contributed by atoms with van der Waals surface area (Å²) in [5.41, 5.74) is 0.0627. The first-order chi connectivity index (χ1) is 16.6. The molecule has 1 aliphatic carbocycles. The number of aliphatic carboxylic acids is 1. The Morgan fingerprint density at radius 1 is 1.25 bits per heavy atom. The Morgan fingerprint density at radius 2 is 1.89 bits per heavy atom. The average molecular weight is 588 g/mol. The quantitative estimate of drug-likeness (QED) is 0.321. The van der Waals surface area contributed by atoms with Gasteiger partial charge < -0.3 is 5.11 Å². The molecule has 2 aromatic rings. The van der Waals surface area contributed by atoms with E-state index in [1.807, 2.05) is 0 Å². The lowest BCUT2D eigenvalue weighted by atomic mass is 9.82. The Labute approximate surface area is 222 Å². The zero-order valence-corrected chi connectivity index (χ0v) is 23.0. The third-order valence-corrected chi connectivity index (χ3v) is 9.94. The molecule has 1 aromatic carbocycles. The van der Waals surface area contributed by atoms with Crippen molar-refractivity contribution in [1.82, 2.24) is 9.71 Å². The van der Waals surface area contributed by atoms with Gasteiger partial charge >= 0.3 is 12.1 Å². The number of carbonyl (C=O) groups is 1. The first kappa shape index (κ1) is 29.2. The Kier molecular flexibility index (Phi) is 8.72. The molecule has 13 heteroatoms. The summed E-state index contributed by atoms with van der Waals surface area (Å²) < 4.78 is 66.6. The summed E-state index contributed by atoms with van der Waals surface area (Å²) in [5, 5.41) is 9.58. The summed E-state index contributed by atoms with van der Waals surface area (Å²) in [4.78, 5) is 16.4. The van der Waals surface area contributed by atoms with Crippen LogP contribution in [0.3, 0.4) is 0 Å². The Balaban J connectivity index is 2.02. The highest BCUT2D eigenvalue weighted by Gasteiger charge is 2.41. The number of nitrogens with zero attached hydrogens (tertiary/aromatic N) is 1. The van der Waals surface area contributed by atoms with Gasteiger partial charge in [0.25, 0.3) is 0 Å². The Morgan fingerprint density at radius 3 is 2.39 bits per heavy atom. The second kappa shape index (κ2) is 10.8. The predicted molar refractivity (Wildman–Crippen MR) is 134 cm³/mol. The average Bonchev–Trinajstić information content (AvgIpc) is 3.11. The van der Waals surface area contributed by atoms with E-state index in [4.69, 9.17) is 28.2 Å². The Bertz CT molecular complexity index is 1240. The number of hydrogen-bond donors (Lipinski definition) is 2. The molecule has 1 aromatic heterocycles. The molecule has 6 nitrogen and oxygen atoms in total. The molecule has 0 spiro atoms. The maximum atomic E-state index is 13.2. The third-order valence-electron chi connectivity index (χ3n) is 6.30. The fourth-order valence-corrected chi connectivity index (χ4v) is 7.38. The molecule has 36 heavy (non-hydrogen) atoms. The standard InChI is InChI=1S/C23H27Cl2F3N2O4S2/c1-4-16(23(26,27)28)30-36(33,34)15-9-8-13(18(24)19(15)25)20-14(10-12-6-5-7-12)29-17(35-20)11-22(2,3)21(31)32/h8-9,12,16,30H,4-7,10-11H2,1-3H3,(H,31,32)/t16-/m0/s1. The molecule has 0 amide bonds. The van der Waals surface area contributed by atoms with Crippen LogP contribution in [0.1, 0.15) is 57.2 Å². The molecular formula is C23H27Cl2F3N2O4S2. The van der Waals surface area contributed by atoms with Crippen LogP contribution in [0.5, 0.6) is 0 Å². The fourth-order valence-electron chi connectivity index (χ4n) is 3.80. The van der Waals surface area contributed by atoms with Crippen molar-refractivity contribution in [1.29, 1.82) is 0 Å². The van der Waals surface area contributed by atoms with E-state index in [9.17, 15) is 31.5 Å². The highest BCUT2D eigenvalue weighted by molar-refractivity contribution is 7.89. The van der Waals surface area contributed by atoms with E-state index in [0.717, 1.165) is 31.0 Å². The summed E-state index contributed by atoms with van der Waals surface area (Å²) in [6.45, 7) is 4.42. The van der Waals surface area contributed by atoms with Crippen molar-refractivity contribution in [2.45, 2.75) is 76.4 Å². The smallest absolute Gasteiger partial charge is 0.404 e. The topological polar surface area (TPSA) is 96.4 Å². The largest absolute Gasteiger partial charge is 0.481 e. The molecule has 3 rings (SSSR count). The lowest BCUT2D eigenvalue weighted by Crippen LogP contribution is -2.44. The van der Waals surface area contributed by atoms with Crippen molar-refractivity contribution in [2.75, 3.05) is 0 Å². The Hall–Kier alpha value is -1.40. The van der Waals surface area contributed by atoms with Gasteiger partial charge in [-0.3, -0.25) is 4.79 Å². The molecule has 0 bridgehead atoms. The number of nitrogens with one attached hydrogen (secondary N) is 1. The summed E-state index contributed by atoms with van der Waals surface area (Å²) in [5.74, 6) is -0.537. The van der Waals surface area contributed by atoms with Crippen LogP contribution in [-0.4, -0.2) is 36.7 Å². The molecule has 1 heterocycles. The van der Waals surface area contributed by atoms with Gasteiger partial charge in [0.1, 0.15) is 10.9 Å². The molecular weight excluding hydrogens is 560 g/mol. The molecule has 0 aliphatic heterocycles. The zero-order valence-electron chi connectivity index (χ0n) is 19.9. The van der Waals surface area contributed by atoms with E-state index < -0.39 is 50.0 Å². The van der Waals surface area contributed by atoms with Crippen molar-refractivity contribution < 1.29 is 31.5 Å². The lowest BCUT2D eigenvalue weighted by molar-refractivity contribution is -0.151. The van der Waals surface area contributed by atoms with Crippen molar-refractivity contribution in [3.8, 4) is 10.4 Å². The second-order valence-corrected chi connectivity index (χ2v) is 13.1. The maximum Gasteiger partial charge on any atom is 0.404 e. The molecule has 0 unspecified atom stereocenters. The summed E-state index contributed by atoms with van der Waals surface area (Å²) >= 11 is 14.0. The minimum absolute atomic E-state index is 0.123. The van der Waals surface area contributed by atoms with Gasteiger partial charge in [-0.05, 0) is 38.7 Å². The molecule has 1 saturated carbocycles. The van der Waals surface area contributed by atoms with Gasteiger partial charge in [-0.2, -0.15) is 17.9 Å². The number of thiazole rings is 1. The van der Waals surface area contributed by atoms with Crippen molar-refractivity contribution in [3.63, 3.8) is 0 Å². The number of carboxylic acid groups (broad SMARTS) is 1. The van der Waals surface area contributed by atoms with Gasteiger partial charge in [-0.15, -0.1) is 11.3 Å². The van der Waals surface area contributed by atoms with Crippen molar-refractivity contribution >= 4 is 50.5 Å². The lowest BCUT2D eigenvalue weighted by Gasteiger charge is -2.25. The summed E-state index contributed by atoms with van der Waals surface area (Å²) in [6.07, 6.45) is -1.22. The van der Waals surface area contributed by atoms with E-state index in [-0.39, 0.29) is 11.4 Å². The number of halogens is 5. The van der Waals surface area contributed by atoms with E-state index in [1.165, 1.54) is 24.3 Å². The number of rotatable bonds is 10. The van der Waals surface area contributed by atoms with E-state index in [2.05, 4.69) is 0 Å².